The van der Waals surface area contributed by atoms with Crippen LogP contribution in [0.4, 0.5) is 19.0 Å². The molecule has 100 valence electrons. The highest BCUT2D eigenvalue weighted by Crippen LogP contribution is 2.36. The average Bonchev–Trinajstić information content (AvgIpc) is 2.38. The predicted octanol–water partition coefficient (Wildman–Crippen LogP) is 3.85. The molecule has 0 fully saturated rings. The maximum atomic E-state index is 12.9. The van der Waals surface area contributed by atoms with Gasteiger partial charge in [-0.1, -0.05) is 30.1 Å². The first-order chi connectivity index (χ1) is 9.02. The molecule has 0 atom stereocenters. The van der Waals surface area contributed by atoms with Crippen molar-refractivity contribution in [2.75, 3.05) is 11.0 Å². The number of benzene rings is 1. The van der Waals surface area contributed by atoms with Gasteiger partial charge < -0.3 is 4.72 Å². The Morgan fingerprint density at radius 1 is 1.16 bits per heavy atom. The molecular formula is C12H10F3N3S. The summed E-state index contributed by atoms with van der Waals surface area (Å²) in [7, 11) is 0. The molecule has 1 aromatic heterocycles. The summed E-state index contributed by atoms with van der Waals surface area (Å²) >= 11 is 1.31. The highest BCUT2D eigenvalue weighted by atomic mass is 32.2. The second kappa shape index (κ2) is 5.48. The Kier molecular flexibility index (Phi) is 3.94. The second-order valence-electron chi connectivity index (χ2n) is 3.64. The SMILES string of the molecule is CSNc1cc(-c2ccccc2C(F)(F)F)ncn1. The number of nitrogens with one attached hydrogen (secondary N) is 1. The van der Waals surface area contributed by atoms with Crippen LogP contribution in [0.5, 0.6) is 0 Å². The van der Waals surface area contributed by atoms with Gasteiger partial charge in [-0.05, 0) is 6.07 Å². The molecular weight excluding hydrogens is 275 g/mol. The molecule has 7 heteroatoms. The van der Waals surface area contributed by atoms with Gasteiger partial charge >= 0.3 is 6.18 Å². The van der Waals surface area contributed by atoms with Crippen molar-refractivity contribution in [2.45, 2.75) is 6.18 Å². The van der Waals surface area contributed by atoms with Gasteiger partial charge in [0.1, 0.15) is 12.1 Å². The molecule has 0 aliphatic rings. The number of nitrogens with zero attached hydrogens (tertiary/aromatic N) is 2. The van der Waals surface area contributed by atoms with Crippen LogP contribution in [0.3, 0.4) is 0 Å². The fourth-order valence-electron chi connectivity index (χ4n) is 1.62. The molecule has 0 unspecified atom stereocenters. The van der Waals surface area contributed by atoms with E-state index in [1.165, 1.54) is 36.5 Å². The van der Waals surface area contributed by atoms with Crippen LogP contribution in [0, 0.1) is 0 Å². The predicted molar refractivity (Wildman–Crippen MR) is 69.6 cm³/mol. The number of aromatic nitrogens is 2. The summed E-state index contributed by atoms with van der Waals surface area (Å²) in [6, 6.07) is 6.83. The van der Waals surface area contributed by atoms with E-state index >= 15 is 0 Å². The van der Waals surface area contributed by atoms with Crippen molar-refractivity contribution < 1.29 is 13.2 Å². The third-order valence-corrected chi connectivity index (χ3v) is 2.80. The molecule has 2 aromatic rings. The van der Waals surface area contributed by atoms with E-state index in [1.807, 2.05) is 0 Å². The lowest BCUT2D eigenvalue weighted by atomic mass is 10.0. The summed E-state index contributed by atoms with van der Waals surface area (Å²) in [5.74, 6) is 0.467. The number of halogens is 3. The van der Waals surface area contributed by atoms with Crippen LogP contribution in [-0.2, 0) is 6.18 Å². The molecule has 0 saturated heterocycles. The molecule has 3 nitrogen and oxygen atoms in total. The van der Waals surface area contributed by atoms with Crippen LogP contribution in [0.2, 0.25) is 0 Å². The zero-order valence-corrected chi connectivity index (χ0v) is 10.7. The second-order valence-corrected chi connectivity index (χ2v) is 4.25. The Morgan fingerprint density at radius 3 is 2.58 bits per heavy atom. The molecule has 0 saturated carbocycles. The zero-order valence-electron chi connectivity index (χ0n) is 9.90. The van der Waals surface area contributed by atoms with E-state index in [4.69, 9.17) is 0 Å². The summed E-state index contributed by atoms with van der Waals surface area (Å²) in [4.78, 5) is 7.83. The third kappa shape index (κ3) is 3.17. The zero-order chi connectivity index (χ0) is 13.9. The van der Waals surface area contributed by atoms with Crippen LogP contribution < -0.4 is 4.72 Å². The van der Waals surface area contributed by atoms with Crippen molar-refractivity contribution in [3.8, 4) is 11.3 Å². The molecule has 0 bridgehead atoms. The number of hydrogen-bond acceptors (Lipinski definition) is 4. The van der Waals surface area contributed by atoms with Crippen molar-refractivity contribution in [1.82, 2.24) is 9.97 Å². The molecule has 1 aromatic carbocycles. The fourth-order valence-corrected chi connectivity index (χ4v) is 1.94. The Morgan fingerprint density at radius 2 is 1.89 bits per heavy atom. The van der Waals surface area contributed by atoms with Crippen LogP contribution in [0.15, 0.2) is 36.7 Å². The first-order valence-electron chi connectivity index (χ1n) is 5.30. The van der Waals surface area contributed by atoms with E-state index in [1.54, 1.807) is 12.3 Å². The van der Waals surface area contributed by atoms with E-state index in [9.17, 15) is 13.2 Å². The largest absolute Gasteiger partial charge is 0.417 e. The lowest BCUT2D eigenvalue weighted by Gasteiger charge is -2.12. The summed E-state index contributed by atoms with van der Waals surface area (Å²) in [5.41, 5.74) is -0.426. The van der Waals surface area contributed by atoms with Gasteiger partial charge in [0.2, 0.25) is 0 Å². The van der Waals surface area contributed by atoms with Crippen LogP contribution in [0.25, 0.3) is 11.3 Å². The van der Waals surface area contributed by atoms with Crippen molar-refractivity contribution in [3.63, 3.8) is 0 Å². The van der Waals surface area contributed by atoms with Crippen molar-refractivity contribution in [3.05, 3.63) is 42.2 Å². The molecule has 0 radical (unpaired) electrons. The van der Waals surface area contributed by atoms with E-state index < -0.39 is 11.7 Å². The molecule has 0 spiro atoms. The molecule has 0 aliphatic heterocycles. The maximum Gasteiger partial charge on any atom is 0.417 e. The summed E-state index contributed by atoms with van der Waals surface area (Å²) in [6.07, 6.45) is -1.37. The molecule has 2 rings (SSSR count). The lowest BCUT2D eigenvalue weighted by molar-refractivity contribution is -0.137. The highest BCUT2D eigenvalue weighted by Gasteiger charge is 2.33. The first-order valence-corrected chi connectivity index (χ1v) is 6.52. The Balaban J connectivity index is 2.50. The fraction of sp³-hybridized carbons (Fsp3) is 0.167. The summed E-state index contributed by atoms with van der Waals surface area (Å²) in [6.45, 7) is 0. The van der Waals surface area contributed by atoms with Gasteiger partial charge in [-0.15, -0.1) is 0 Å². The lowest BCUT2D eigenvalue weighted by Crippen LogP contribution is -2.07. The first kappa shape index (κ1) is 13.7. The van der Waals surface area contributed by atoms with E-state index in [0.717, 1.165) is 6.07 Å². The summed E-state index contributed by atoms with van der Waals surface area (Å²) in [5, 5.41) is 0. The van der Waals surface area contributed by atoms with Crippen LogP contribution >= 0.6 is 11.9 Å². The number of alkyl halides is 3. The molecule has 19 heavy (non-hydrogen) atoms. The standard InChI is InChI=1S/C12H10F3N3S/c1-19-18-11-6-10(16-7-17-11)8-4-2-3-5-9(8)12(13,14)15/h2-7H,1H3,(H,16,17,18). The van der Waals surface area contributed by atoms with E-state index in [2.05, 4.69) is 14.7 Å². The maximum absolute atomic E-state index is 12.9. The van der Waals surface area contributed by atoms with Gasteiger partial charge in [-0.25, -0.2) is 9.97 Å². The number of hydrogen-bond donors (Lipinski definition) is 1. The third-order valence-electron chi connectivity index (χ3n) is 2.38. The van der Waals surface area contributed by atoms with Gasteiger partial charge in [0.05, 0.1) is 11.3 Å². The van der Waals surface area contributed by atoms with Gasteiger partial charge in [0, 0.05) is 17.9 Å². The monoisotopic (exact) mass is 285 g/mol. The Bertz CT molecular complexity index is 572. The molecule has 0 amide bonds. The minimum atomic E-state index is -4.41. The highest BCUT2D eigenvalue weighted by molar-refractivity contribution is 7.99. The van der Waals surface area contributed by atoms with Gasteiger partial charge in [-0.2, -0.15) is 13.2 Å². The number of anilines is 1. The van der Waals surface area contributed by atoms with Crippen molar-refractivity contribution >= 4 is 17.8 Å². The average molecular weight is 285 g/mol. The van der Waals surface area contributed by atoms with Gasteiger partial charge in [0.15, 0.2) is 0 Å². The van der Waals surface area contributed by atoms with Gasteiger partial charge in [0.25, 0.3) is 0 Å². The Labute approximate surface area is 112 Å². The van der Waals surface area contributed by atoms with Crippen molar-refractivity contribution in [2.24, 2.45) is 0 Å². The molecule has 1 N–H and O–H groups in total. The summed E-state index contributed by atoms with van der Waals surface area (Å²) < 4.78 is 41.6. The quantitative estimate of drug-likeness (QED) is 0.869. The molecule has 0 aliphatic carbocycles. The normalized spacial score (nSPS) is 11.4. The smallest absolute Gasteiger partial charge is 0.315 e. The number of rotatable bonds is 3. The van der Waals surface area contributed by atoms with Crippen LogP contribution in [0.1, 0.15) is 5.56 Å². The topological polar surface area (TPSA) is 37.8 Å². The Hall–Kier alpha value is -1.76. The van der Waals surface area contributed by atoms with Crippen LogP contribution in [-0.4, -0.2) is 16.2 Å². The van der Waals surface area contributed by atoms with Gasteiger partial charge in [-0.3, -0.25) is 0 Å². The molecule has 1 heterocycles. The minimum Gasteiger partial charge on any atom is -0.315 e. The van der Waals surface area contributed by atoms with E-state index in [-0.39, 0.29) is 11.3 Å². The van der Waals surface area contributed by atoms with E-state index in [0.29, 0.717) is 5.82 Å². The minimum absolute atomic E-state index is 0.0431. The van der Waals surface area contributed by atoms with Crippen molar-refractivity contribution in [1.29, 1.82) is 0 Å².